The van der Waals surface area contributed by atoms with Gasteiger partial charge in [-0.1, -0.05) is 0 Å². The van der Waals surface area contributed by atoms with Crippen LogP contribution in [0.15, 0.2) is 26.9 Å². The summed E-state index contributed by atoms with van der Waals surface area (Å²) in [5.41, 5.74) is 1.08. The maximum atomic E-state index is 11.5. The van der Waals surface area contributed by atoms with Gasteiger partial charge >= 0.3 is 0 Å². The third-order valence-electron chi connectivity index (χ3n) is 1.75. The van der Waals surface area contributed by atoms with Gasteiger partial charge in [0.2, 0.25) is 5.43 Å². The normalized spacial score (nSPS) is 10.8. The van der Waals surface area contributed by atoms with Crippen molar-refractivity contribution in [1.82, 2.24) is 4.57 Å². The van der Waals surface area contributed by atoms with Crippen molar-refractivity contribution in [3.8, 4) is 0 Å². The molecule has 4 heteroatoms. The lowest BCUT2D eigenvalue weighted by Gasteiger charge is -2.00. The van der Waals surface area contributed by atoms with Crippen LogP contribution in [0.25, 0.3) is 10.2 Å². The smallest absolute Gasteiger partial charge is 0.213 e. The third kappa shape index (κ3) is 1.03. The average molecular weight is 244 g/mol. The Morgan fingerprint density at radius 3 is 3.08 bits per heavy atom. The maximum absolute atomic E-state index is 11.5. The second-order valence-electron chi connectivity index (χ2n) is 2.55. The van der Waals surface area contributed by atoms with E-state index in [2.05, 4.69) is 15.9 Å². The molecule has 0 spiro atoms. The van der Waals surface area contributed by atoms with Gasteiger partial charge in [-0.2, -0.15) is 0 Å². The zero-order chi connectivity index (χ0) is 8.72. The highest BCUT2D eigenvalue weighted by Crippen LogP contribution is 2.18. The Kier molecular flexibility index (Phi) is 1.81. The van der Waals surface area contributed by atoms with Crippen molar-refractivity contribution in [2.75, 3.05) is 0 Å². The van der Waals surface area contributed by atoms with E-state index in [-0.39, 0.29) is 5.43 Å². The molecule has 0 fully saturated rings. The van der Waals surface area contributed by atoms with E-state index in [1.807, 2.05) is 23.1 Å². The minimum Gasteiger partial charge on any atom is -0.348 e. The van der Waals surface area contributed by atoms with Gasteiger partial charge in [-0.25, -0.2) is 0 Å². The van der Waals surface area contributed by atoms with E-state index < -0.39 is 0 Å². The SMILES string of the molecule is Cn1cc(Br)c(=O)c2sccc21. The van der Waals surface area contributed by atoms with Gasteiger partial charge in [0, 0.05) is 13.2 Å². The van der Waals surface area contributed by atoms with Gasteiger partial charge in [-0.15, -0.1) is 11.3 Å². The van der Waals surface area contributed by atoms with Gasteiger partial charge in [-0.05, 0) is 27.4 Å². The molecule has 2 aromatic heterocycles. The molecule has 0 atom stereocenters. The number of rotatable bonds is 0. The summed E-state index contributed by atoms with van der Waals surface area (Å²) in [6.07, 6.45) is 1.79. The molecule has 0 unspecified atom stereocenters. The van der Waals surface area contributed by atoms with Gasteiger partial charge in [0.15, 0.2) is 0 Å². The Labute approximate surface area is 81.6 Å². The molecule has 62 valence electrons. The van der Waals surface area contributed by atoms with Crippen molar-refractivity contribution >= 4 is 37.5 Å². The van der Waals surface area contributed by atoms with E-state index in [1.54, 1.807) is 6.20 Å². The molecule has 0 amide bonds. The molecular formula is C8H6BrNOS. The zero-order valence-corrected chi connectivity index (χ0v) is 8.78. The summed E-state index contributed by atoms with van der Waals surface area (Å²) < 4.78 is 3.38. The van der Waals surface area contributed by atoms with Crippen LogP contribution in [-0.2, 0) is 7.05 Å². The number of halogens is 1. The predicted molar refractivity (Wildman–Crippen MR) is 54.8 cm³/mol. The highest BCUT2D eigenvalue weighted by molar-refractivity contribution is 9.10. The van der Waals surface area contributed by atoms with E-state index in [0.29, 0.717) is 4.47 Å². The highest BCUT2D eigenvalue weighted by Gasteiger charge is 2.05. The molecule has 2 nitrogen and oxygen atoms in total. The van der Waals surface area contributed by atoms with E-state index in [0.717, 1.165) is 10.2 Å². The third-order valence-corrected chi connectivity index (χ3v) is 3.22. The summed E-state index contributed by atoms with van der Waals surface area (Å²) in [5, 5.41) is 1.93. The fraction of sp³-hybridized carbons (Fsp3) is 0.125. The second-order valence-corrected chi connectivity index (χ2v) is 4.32. The van der Waals surface area contributed by atoms with Crippen molar-refractivity contribution in [2.45, 2.75) is 0 Å². The van der Waals surface area contributed by atoms with Crippen LogP contribution < -0.4 is 5.43 Å². The Hall–Kier alpha value is -0.610. The lowest BCUT2D eigenvalue weighted by Crippen LogP contribution is -2.05. The van der Waals surface area contributed by atoms with Crippen LogP contribution in [0.4, 0.5) is 0 Å². The van der Waals surface area contributed by atoms with Crippen molar-refractivity contribution in [3.63, 3.8) is 0 Å². The quantitative estimate of drug-likeness (QED) is 0.697. The Balaban J connectivity index is 3.07. The highest BCUT2D eigenvalue weighted by atomic mass is 79.9. The van der Waals surface area contributed by atoms with Crippen molar-refractivity contribution in [1.29, 1.82) is 0 Å². The summed E-state index contributed by atoms with van der Waals surface area (Å²) in [5.74, 6) is 0. The van der Waals surface area contributed by atoms with E-state index in [9.17, 15) is 4.79 Å². The summed E-state index contributed by atoms with van der Waals surface area (Å²) in [7, 11) is 1.93. The molecule has 0 aromatic carbocycles. The van der Waals surface area contributed by atoms with E-state index in [4.69, 9.17) is 0 Å². The van der Waals surface area contributed by atoms with Gasteiger partial charge in [0.25, 0.3) is 0 Å². The van der Waals surface area contributed by atoms with Crippen LogP contribution in [0.1, 0.15) is 0 Å². The number of hydrogen-bond donors (Lipinski definition) is 0. The summed E-state index contributed by atoms with van der Waals surface area (Å²) in [4.78, 5) is 11.5. The fourth-order valence-electron chi connectivity index (χ4n) is 1.16. The van der Waals surface area contributed by atoms with Crippen LogP contribution in [-0.4, -0.2) is 4.57 Å². The van der Waals surface area contributed by atoms with E-state index in [1.165, 1.54) is 11.3 Å². The molecular weight excluding hydrogens is 238 g/mol. The molecule has 12 heavy (non-hydrogen) atoms. The molecule has 2 aromatic rings. The molecule has 0 aliphatic heterocycles. The fourth-order valence-corrected chi connectivity index (χ4v) is 2.68. The number of hydrogen-bond acceptors (Lipinski definition) is 2. The molecule has 0 N–H and O–H groups in total. The molecule has 0 saturated heterocycles. The minimum atomic E-state index is 0.0816. The number of nitrogens with zero attached hydrogens (tertiary/aromatic N) is 1. The van der Waals surface area contributed by atoms with Gasteiger partial charge in [0.1, 0.15) is 0 Å². The van der Waals surface area contributed by atoms with Crippen LogP contribution >= 0.6 is 27.3 Å². The lowest BCUT2D eigenvalue weighted by molar-refractivity contribution is 0.947. The molecule has 0 saturated carbocycles. The monoisotopic (exact) mass is 243 g/mol. The van der Waals surface area contributed by atoms with Crippen molar-refractivity contribution in [2.24, 2.45) is 7.05 Å². The van der Waals surface area contributed by atoms with Gasteiger partial charge in [0.05, 0.1) is 14.7 Å². The predicted octanol–water partition coefficient (Wildman–Crippen LogP) is 2.36. The number of thiophene rings is 1. The van der Waals surface area contributed by atoms with E-state index >= 15 is 0 Å². The zero-order valence-electron chi connectivity index (χ0n) is 6.37. The van der Waals surface area contributed by atoms with Crippen LogP contribution in [0.2, 0.25) is 0 Å². The maximum Gasteiger partial charge on any atom is 0.213 e. The molecule has 0 bridgehead atoms. The first kappa shape index (κ1) is 8.01. The Bertz CT molecular complexity index is 485. The number of aryl methyl sites for hydroxylation is 1. The first-order chi connectivity index (χ1) is 5.70. The molecule has 0 radical (unpaired) electrons. The van der Waals surface area contributed by atoms with Crippen molar-refractivity contribution < 1.29 is 0 Å². The number of fused-ring (bicyclic) bond motifs is 1. The molecule has 0 aliphatic carbocycles. The summed E-state index contributed by atoms with van der Waals surface area (Å²) in [6, 6.07) is 1.95. The minimum absolute atomic E-state index is 0.0816. The van der Waals surface area contributed by atoms with Crippen LogP contribution in [0, 0.1) is 0 Å². The van der Waals surface area contributed by atoms with Crippen molar-refractivity contribution in [3.05, 3.63) is 32.3 Å². The summed E-state index contributed by atoms with van der Waals surface area (Å²) >= 11 is 4.70. The largest absolute Gasteiger partial charge is 0.348 e. The average Bonchev–Trinajstić information content (AvgIpc) is 2.48. The lowest BCUT2D eigenvalue weighted by atomic mass is 10.4. The first-order valence-corrected chi connectivity index (χ1v) is 5.10. The van der Waals surface area contributed by atoms with Crippen LogP contribution in [0.3, 0.4) is 0 Å². The molecule has 0 aliphatic rings. The Morgan fingerprint density at radius 1 is 1.58 bits per heavy atom. The molecule has 2 heterocycles. The van der Waals surface area contributed by atoms with Gasteiger partial charge < -0.3 is 4.57 Å². The Morgan fingerprint density at radius 2 is 2.33 bits per heavy atom. The second kappa shape index (κ2) is 2.71. The molecule has 2 rings (SSSR count). The summed E-state index contributed by atoms with van der Waals surface area (Å²) in [6.45, 7) is 0. The standard InChI is InChI=1S/C8H6BrNOS/c1-10-4-5(9)7(11)8-6(10)2-3-12-8/h2-4H,1H3. The number of aromatic nitrogens is 1. The van der Waals surface area contributed by atoms with Crippen LogP contribution in [0.5, 0.6) is 0 Å². The van der Waals surface area contributed by atoms with Gasteiger partial charge in [-0.3, -0.25) is 4.79 Å². The topological polar surface area (TPSA) is 22.0 Å². The first-order valence-electron chi connectivity index (χ1n) is 3.42. The number of pyridine rings is 1.